The van der Waals surface area contributed by atoms with Gasteiger partial charge in [-0.25, -0.2) is 9.18 Å². The predicted octanol–water partition coefficient (Wildman–Crippen LogP) is 1.22. The number of amides is 2. The van der Waals surface area contributed by atoms with Crippen LogP contribution in [0.25, 0.3) is 11.4 Å². The van der Waals surface area contributed by atoms with Gasteiger partial charge in [0.25, 0.3) is 0 Å². The first-order valence-corrected chi connectivity index (χ1v) is 8.71. The van der Waals surface area contributed by atoms with Crippen molar-refractivity contribution in [2.45, 2.75) is 31.8 Å². The predicted molar refractivity (Wildman–Crippen MR) is 93.0 cm³/mol. The minimum atomic E-state index is -0.391. The number of likely N-dealkylation sites (tertiary alicyclic amines) is 1. The zero-order valence-electron chi connectivity index (χ0n) is 15.0. The second-order valence-corrected chi connectivity index (χ2v) is 6.33. The molecule has 1 fully saturated rings. The average Bonchev–Trinajstić information content (AvgIpc) is 2.99. The van der Waals surface area contributed by atoms with E-state index in [1.807, 2.05) is 0 Å². The van der Waals surface area contributed by atoms with Crippen LogP contribution in [0, 0.1) is 5.82 Å². The van der Waals surface area contributed by atoms with Crippen LogP contribution >= 0.6 is 0 Å². The summed E-state index contributed by atoms with van der Waals surface area (Å²) in [6, 6.07) is 5.55. The Morgan fingerprint density at radius 2 is 2.07 bits per heavy atom. The van der Waals surface area contributed by atoms with Gasteiger partial charge in [0.15, 0.2) is 0 Å². The molecule has 1 aliphatic heterocycles. The number of rotatable bonds is 4. The number of methoxy groups -OCH3 is 1. The molecule has 0 radical (unpaired) electrons. The Kier molecular flexibility index (Phi) is 5.94. The van der Waals surface area contributed by atoms with Gasteiger partial charge in [0.1, 0.15) is 12.4 Å². The third-order valence-electron chi connectivity index (χ3n) is 4.31. The number of hydrogen-bond donors (Lipinski definition) is 1. The Morgan fingerprint density at radius 1 is 1.30 bits per heavy atom. The van der Waals surface area contributed by atoms with Crippen LogP contribution in [-0.4, -0.2) is 63.3 Å². The number of tetrazole rings is 1. The Balaban J connectivity index is 1.57. The molecule has 1 atom stereocenters. The van der Waals surface area contributed by atoms with Crippen molar-refractivity contribution in [2.24, 2.45) is 0 Å². The molecule has 1 N–H and O–H groups in total. The van der Waals surface area contributed by atoms with Gasteiger partial charge in [-0.2, -0.15) is 4.80 Å². The standard InChI is InChI=1S/C17H21FN6O3/c1-27-17(26)23-9-3-2-4-14(10-23)19-15(25)11-24-21-16(20-22-24)12-5-7-13(18)8-6-12/h5-8,14H,2-4,9-11H2,1H3,(H,19,25). The Hall–Kier alpha value is -3.04. The third kappa shape index (κ3) is 4.99. The van der Waals surface area contributed by atoms with Gasteiger partial charge < -0.3 is 15.0 Å². The molecule has 1 aliphatic rings. The fourth-order valence-corrected chi connectivity index (χ4v) is 2.98. The SMILES string of the molecule is COC(=O)N1CCCCC(NC(=O)Cn2nnc(-c3ccc(F)cc3)n2)C1. The molecule has 10 heteroatoms. The molecule has 0 saturated carbocycles. The topological polar surface area (TPSA) is 102 Å². The molecule has 1 aromatic carbocycles. The van der Waals surface area contributed by atoms with Crippen molar-refractivity contribution in [3.63, 3.8) is 0 Å². The summed E-state index contributed by atoms with van der Waals surface area (Å²) < 4.78 is 17.7. The Morgan fingerprint density at radius 3 is 2.81 bits per heavy atom. The van der Waals surface area contributed by atoms with E-state index in [2.05, 4.69) is 20.7 Å². The fourth-order valence-electron chi connectivity index (χ4n) is 2.98. The highest BCUT2D eigenvalue weighted by Gasteiger charge is 2.24. The first-order chi connectivity index (χ1) is 13.0. The summed E-state index contributed by atoms with van der Waals surface area (Å²) in [5.41, 5.74) is 0.612. The normalized spacial score (nSPS) is 17.3. The number of carbonyl (C=O) groups excluding carboxylic acids is 2. The lowest BCUT2D eigenvalue weighted by Crippen LogP contribution is -2.45. The highest BCUT2D eigenvalue weighted by molar-refractivity contribution is 5.76. The van der Waals surface area contributed by atoms with Gasteiger partial charge in [0.2, 0.25) is 11.7 Å². The van der Waals surface area contributed by atoms with Crippen molar-refractivity contribution in [3.05, 3.63) is 30.1 Å². The van der Waals surface area contributed by atoms with Crippen LogP contribution in [0.5, 0.6) is 0 Å². The van der Waals surface area contributed by atoms with Gasteiger partial charge in [-0.3, -0.25) is 4.79 Å². The maximum atomic E-state index is 13.0. The second-order valence-electron chi connectivity index (χ2n) is 6.33. The zero-order chi connectivity index (χ0) is 19.2. The van der Waals surface area contributed by atoms with Crippen LogP contribution in [0.3, 0.4) is 0 Å². The third-order valence-corrected chi connectivity index (χ3v) is 4.31. The average molecular weight is 376 g/mol. The monoisotopic (exact) mass is 376 g/mol. The lowest BCUT2D eigenvalue weighted by molar-refractivity contribution is -0.122. The molecule has 2 amide bonds. The molecule has 2 aromatic rings. The van der Waals surface area contributed by atoms with E-state index < -0.39 is 6.09 Å². The van der Waals surface area contributed by atoms with E-state index in [-0.39, 0.29) is 24.3 Å². The van der Waals surface area contributed by atoms with E-state index >= 15 is 0 Å². The van der Waals surface area contributed by atoms with Crippen LogP contribution in [0.4, 0.5) is 9.18 Å². The maximum absolute atomic E-state index is 13.0. The largest absolute Gasteiger partial charge is 0.453 e. The smallest absolute Gasteiger partial charge is 0.409 e. The maximum Gasteiger partial charge on any atom is 0.409 e. The molecule has 0 spiro atoms. The molecule has 27 heavy (non-hydrogen) atoms. The number of carbonyl (C=O) groups is 2. The second kappa shape index (κ2) is 8.56. The molecular formula is C17H21FN6O3. The number of benzene rings is 1. The molecule has 1 unspecified atom stereocenters. The Labute approximate surface area is 155 Å². The van der Waals surface area contributed by atoms with Crippen molar-refractivity contribution in [1.29, 1.82) is 0 Å². The summed E-state index contributed by atoms with van der Waals surface area (Å²) in [4.78, 5) is 26.8. The lowest BCUT2D eigenvalue weighted by atomic mass is 10.1. The van der Waals surface area contributed by atoms with Crippen LogP contribution in [0.1, 0.15) is 19.3 Å². The zero-order valence-corrected chi connectivity index (χ0v) is 15.0. The molecule has 2 heterocycles. The van der Waals surface area contributed by atoms with Gasteiger partial charge in [-0.1, -0.05) is 0 Å². The fraction of sp³-hybridized carbons (Fsp3) is 0.471. The van der Waals surface area contributed by atoms with Crippen LogP contribution in [-0.2, 0) is 16.1 Å². The summed E-state index contributed by atoms with van der Waals surface area (Å²) in [5, 5.41) is 14.8. The summed E-state index contributed by atoms with van der Waals surface area (Å²) >= 11 is 0. The van der Waals surface area contributed by atoms with Crippen LogP contribution in [0.15, 0.2) is 24.3 Å². The van der Waals surface area contributed by atoms with Gasteiger partial charge in [0, 0.05) is 24.7 Å². The molecule has 1 aromatic heterocycles. The van der Waals surface area contributed by atoms with Gasteiger partial charge in [-0.15, -0.1) is 10.2 Å². The molecular weight excluding hydrogens is 355 g/mol. The van der Waals surface area contributed by atoms with E-state index in [0.717, 1.165) is 19.3 Å². The Bertz CT molecular complexity index is 794. The summed E-state index contributed by atoms with van der Waals surface area (Å²) in [5.74, 6) is -0.307. The lowest BCUT2D eigenvalue weighted by Gasteiger charge is -2.23. The molecule has 3 rings (SSSR count). The van der Waals surface area contributed by atoms with E-state index in [4.69, 9.17) is 4.74 Å². The first-order valence-electron chi connectivity index (χ1n) is 8.71. The van der Waals surface area contributed by atoms with E-state index in [1.54, 1.807) is 17.0 Å². The van der Waals surface area contributed by atoms with Crippen molar-refractivity contribution in [1.82, 2.24) is 30.4 Å². The van der Waals surface area contributed by atoms with E-state index in [1.165, 1.54) is 24.0 Å². The number of ether oxygens (including phenoxy) is 1. The van der Waals surface area contributed by atoms with Crippen molar-refractivity contribution in [3.8, 4) is 11.4 Å². The molecule has 0 bridgehead atoms. The number of halogens is 1. The first kappa shape index (κ1) is 18.7. The highest BCUT2D eigenvalue weighted by Crippen LogP contribution is 2.14. The van der Waals surface area contributed by atoms with Gasteiger partial charge in [0.05, 0.1) is 7.11 Å². The number of nitrogens with one attached hydrogen (secondary N) is 1. The summed E-state index contributed by atoms with van der Waals surface area (Å²) in [6.45, 7) is 0.928. The van der Waals surface area contributed by atoms with E-state index in [0.29, 0.717) is 24.5 Å². The van der Waals surface area contributed by atoms with Gasteiger partial charge in [-0.05, 0) is 48.7 Å². The van der Waals surface area contributed by atoms with Gasteiger partial charge >= 0.3 is 6.09 Å². The summed E-state index contributed by atoms with van der Waals surface area (Å²) in [6.07, 6.45) is 2.17. The molecule has 1 saturated heterocycles. The van der Waals surface area contributed by atoms with Crippen molar-refractivity contribution >= 4 is 12.0 Å². The minimum Gasteiger partial charge on any atom is -0.453 e. The minimum absolute atomic E-state index is 0.0943. The molecule has 9 nitrogen and oxygen atoms in total. The summed E-state index contributed by atoms with van der Waals surface area (Å²) in [7, 11) is 1.34. The molecule has 144 valence electrons. The molecule has 0 aliphatic carbocycles. The van der Waals surface area contributed by atoms with Crippen LogP contribution < -0.4 is 5.32 Å². The van der Waals surface area contributed by atoms with Crippen molar-refractivity contribution < 1.29 is 18.7 Å². The van der Waals surface area contributed by atoms with Crippen molar-refractivity contribution in [2.75, 3.05) is 20.2 Å². The number of aromatic nitrogens is 4. The van der Waals surface area contributed by atoms with Crippen LogP contribution in [0.2, 0.25) is 0 Å². The number of hydrogen-bond acceptors (Lipinski definition) is 6. The van der Waals surface area contributed by atoms with E-state index in [9.17, 15) is 14.0 Å². The quantitative estimate of drug-likeness (QED) is 0.861. The number of nitrogens with zero attached hydrogens (tertiary/aromatic N) is 5. The highest BCUT2D eigenvalue weighted by atomic mass is 19.1.